The minimum atomic E-state index is -1.07. The van der Waals surface area contributed by atoms with Crippen molar-refractivity contribution in [2.75, 3.05) is 6.54 Å². The summed E-state index contributed by atoms with van der Waals surface area (Å²) in [6.45, 7) is 6.68. The van der Waals surface area contributed by atoms with Crippen LogP contribution in [0.15, 0.2) is 4.99 Å². The number of aliphatic hydroxyl groups is 2. The minimum Gasteiger partial charge on any atom is -0.862 e. The third-order valence-electron chi connectivity index (χ3n) is 10.6. The molecule has 4 aliphatic rings. The number of carboxylic acids is 1. The molecule has 0 aromatic heterocycles. The molecule has 0 radical (unpaired) electrons. The topological polar surface area (TPSA) is 113 Å². The number of carbonyl (C=O) groups is 1. The number of aliphatic carboxylic acids is 1. The second kappa shape index (κ2) is 10.5. The first kappa shape index (κ1) is 27.4. The fourth-order valence-corrected chi connectivity index (χ4v) is 8.96. The van der Waals surface area contributed by atoms with Crippen LogP contribution in [-0.2, 0) is 4.79 Å². The van der Waals surface area contributed by atoms with E-state index in [1.807, 2.05) is 0 Å². The molecule has 0 heterocycles. The number of carboxylic acid groups (broad SMARTS) is 1. The Morgan fingerprint density at radius 2 is 1.73 bits per heavy atom. The second-order valence-corrected chi connectivity index (χ2v) is 12.1. The fourth-order valence-electron chi connectivity index (χ4n) is 8.96. The number of aliphatic hydroxyl groups excluding tert-OH is 2. The standard InChI is InChI=1S/C26H43NO5.Na/c1-15(4-7-22(30)27-14-23(31)32)18-5-6-19-24-20(9-11-26(18,19)3)25(2)10-8-17(28)12-16(25)13-21(24)29;/h15-21,24,28-29H,4-14H2,1-3H3,(H,27,30)(H,31,32);/q;+1/p-1/t15-,16+,17-,18-,19+,20+,21+,24+,25+,26-;/m1./s1. The van der Waals surface area contributed by atoms with E-state index in [1.165, 1.54) is 6.42 Å². The average molecular weight is 472 g/mol. The van der Waals surface area contributed by atoms with Crippen LogP contribution in [-0.4, -0.2) is 45.9 Å². The Kier molecular flexibility index (Phi) is 8.70. The molecule has 0 aromatic rings. The van der Waals surface area contributed by atoms with Crippen molar-refractivity contribution in [3.63, 3.8) is 0 Å². The van der Waals surface area contributed by atoms with Crippen LogP contribution in [0.1, 0.15) is 85.0 Å². The molecule has 182 valence electrons. The number of rotatable bonds is 6. The average Bonchev–Trinajstić information content (AvgIpc) is 3.09. The van der Waals surface area contributed by atoms with Gasteiger partial charge in [-0.1, -0.05) is 20.8 Å². The van der Waals surface area contributed by atoms with Crippen molar-refractivity contribution >= 4 is 11.9 Å². The summed E-state index contributed by atoms with van der Waals surface area (Å²) in [4.78, 5) is 14.3. The molecule has 0 amide bonds. The van der Waals surface area contributed by atoms with E-state index in [4.69, 9.17) is 5.11 Å². The molecule has 0 aromatic carbocycles. The molecule has 3 N–H and O–H groups in total. The SMILES string of the molecule is C[C@H](CCC([O-])=NCC(=O)O)[C@H]1CC[C@H]2[C@@H]3[C@@H](O)C[C@@H]4C[C@H](O)CC[C@]4(C)[C@H]3CC[C@]12C.[Na+]. The molecular formula is C26H42NNaO5. The predicted octanol–water partition coefficient (Wildman–Crippen LogP) is 0.241. The van der Waals surface area contributed by atoms with Gasteiger partial charge in [0.25, 0.3) is 0 Å². The van der Waals surface area contributed by atoms with Gasteiger partial charge in [-0.3, -0.25) is 9.79 Å². The first-order valence-corrected chi connectivity index (χ1v) is 12.8. The zero-order chi connectivity index (χ0) is 23.3. The van der Waals surface area contributed by atoms with Crippen LogP contribution < -0.4 is 34.7 Å². The smallest absolute Gasteiger partial charge is 0.862 e. The van der Waals surface area contributed by atoms with Crippen molar-refractivity contribution in [2.45, 2.75) is 97.2 Å². The maximum Gasteiger partial charge on any atom is 1.00 e. The predicted molar refractivity (Wildman–Crippen MR) is 121 cm³/mol. The van der Waals surface area contributed by atoms with Gasteiger partial charge in [0, 0.05) is 0 Å². The van der Waals surface area contributed by atoms with E-state index in [0.717, 1.165) is 51.4 Å². The summed E-state index contributed by atoms with van der Waals surface area (Å²) in [5, 5.41) is 42.3. The van der Waals surface area contributed by atoms with Gasteiger partial charge in [-0.25, -0.2) is 0 Å². The molecule has 4 aliphatic carbocycles. The van der Waals surface area contributed by atoms with Gasteiger partial charge in [-0.05, 0) is 116 Å². The van der Waals surface area contributed by atoms with Crippen molar-refractivity contribution in [2.24, 2.45) is 51.3 Å². The normalized spacial score (nSPS) is 45.8. The minimum absolute atomic E-state index is 0. The summed E-state index contributed by atoms with van der Waals surface area (Å²) in [5.41, 5.74) is 0.437. The monoisotopic (exact) mass is 471 g/mol. The summed E-state index contributed by atoms with van der Waals surface area (Å²) in [7, 11) is 0. The van der Waals surface area contributed by atoms with Crippen LogP contribution in [0, 0.1) is 46.3 Å². The summed E-state index contributed by atoms with van der Waals surface area (Å²) in [6, 6.07) is 0. The number of aliphatic imine (C=N–C) groups is 1. The van der Waals surface area contributed by atoms with Crippen molar-refractivity contribution in [1.29, 1.82) is 0 Å². The van der Waals surface area contributed by atoms with Crippen LogP contribution in [0.3, 0.4) is 0 Å². The molecule has 4 fully saturated rings. The second-order valence-electron chi connectivity index (χ2n) is 12.1. The van der Waals surface area contributed by atoms with Crippen LogP contribution >= 0.6 is 0 Å². The van der Waals surface area contributed by atoms with Gasteiger partial charge in [-0.2, -0.15) is 0 Å². The summed E-state index contributed by atoms with van der Waals surface area (Å²) >= 11 is 0. The molecule has 4 rings (SSSR count). The molecule has 0 spiro atoms. The van der Waals surface area contributed by atoms with Gasteiger partial charge in [0.15, 0.2) is 0 Å². The van der Waals surface area contributed by atoms with Gasteiger partial charge < -0.3 is 20.4 Å². The van der Waals surface area contributed by atoms with Crippen molar-refractivity contribution in [3.8, 4) is 0 Å². The molecule has 0 saturated heterocycles. The third kappa shape index (κ3) is 5.07. The quantitative estimate of drug-likeness (QED) is 0.292. The number of hydrogen-bond donors (Lipinski definition) is 3. The van der Waals surface area contributed by atoms with Gasteiger partial charge in [0.1, 0.15) is 6.54 Å². The molecular weight excluding hydrogens is 429 g/mol. The van der Waals surface area contributed by atoms with E-state index in [2.05, 4.69) is 25.8 Å². The van der Waals surface area contributed by atoms with Crippen LogP contribution in [0.2, 0.25) is 0 Å². The van der Waals surface area contributed by atoms with E-state index >= 15 is 0 Å². The molecule has 0 aliphatic heterocycles. The van der Waals surface area contributed by atoms with Crippen molar-refractivity contribution in [3.05, 3.63) is 0 Å². The first-order valence-electron chi connectivity index (χ1n) is 12.8. The van der Waals surface area contributed by atoms with Gasteiger partial charge in [0.05, 0.1) is 12.2 Å². The van der Waals surface area contributed by atoms with E-state index in [-0.39, 0.29) is 58.5 Å². The molecule has 33 heavy (non-hydrogen) atoms. The Labute approximate surface area is 220 Å². The largest absolute Gasteiger partial charge is 1.00 e. The van der Waals surface area contributed by atoms with E-state index in [0.29, 0.717) is 41.9 Å². The molecule has 6 nitrogen and oxygen atoms in total. The molecule has 0 bridgehead atoms. The molecule has 7 heteroatoms. The van der Waals surface area contributed by atoms with E-state index in [1.54, 1.807) is 0 Å². The van der Waals surface area contributed by atoms with Crippen molar-refractivity contribution < 1.29 is 54.8 Å². The van der Waals surface area contributed by atoms with Crippen LogP contribution in [0.4, 0.5) is 0 Å². The molecule has 10 atom stereocenters. The summed E-state index contributed by atoms with van der Waals surface area (Å²) in [6.07, 6.45) is 8.92. The Morgan fingerprint density at radius 1 is 1.06 bits per heavy atom. The number of hydrogen-bond acceptors (Lipinski definition) is 5. The number of fused-ring (bicyclic) bond motifs is 5. The Morgan fingerprint density at radius 3 is 2.42 bits per heavy atom. The Balaban J connectivity index is 0.00000306. The zero-order valence-electron chi connectivity index (χ0n) is 21.0. The maximum atomic E-state index is 12.0. The Bertz CT molecular complexity index is 746. The fraction of sp³-hybridized carbons (Fsp3) is 0.923. The van der Waals surface area contributed by atoms with E-state index in [9.17, 15) is 20.1 Å². The van der Waals surface area contributed by atoms with E-state index < -0.39 is 12.5 Å². The summed E-state index contributed by atoms with van der Waals surface area (Å²) < 4.78 is 0. The first-order chi connectivity index (χ1) is 15.1. The zero-order valence-corrected chi connectivity index (χ0v) is 23.0. The maximum absolute atomic E-state index is 12.0. The summed E-state index contributed by atoms with van der Waals surface area (Å²) in [5.74, 6) is 1.42. The number of nitrogens with zero attached hydrogens (tertiary/aromatic N) is 1. The Hall–Kier alpha value is -0.140. The van der Waals surface area contributed by atoms with Crippen molar-refractivity contribution in [1.82, 2.24) is 0 Å². The third-order valence-corrected chi connectivity index (χ3v) is 10.6. The van der Waals surface area contributed by atoms with Gasteiger partial charge in [-0.15, -0.1) is 0 Å². The van der Waals surface area contributed by atoms with Crippen LogP contribution in [0.5, 0.6) is 0 Å². The van der Waals surface area contributed by atoms with Gasteiger partial charge >= 0.3 is 35.5 Å². The van der Waals surface area contributed by atoms with Gasteiger partial charge in [0.2, 0.25) is 0 Å². The molecule has 0 unspecified atom stereocenters. The molecule has 4 saturated carbocycles. The van der Waals surface area contributed by atoms with Crippen LogP contribution in [0.25, 0.3) is 0 Å².